The minimum Gasteiger partial charge on any atom is -0.294 e. The number of carbonyl (C=O) groups is 1. The van der Waals surface area contributed by atoms with E-state index in [0.717, 1.165) is 12.3 Å². The van der Waals surface area contributed by atoms with Gasteiger partial charge in [-0.25, -0.2) is 5.84 Å². The third-order valence-corrected chi connectivity index (χ3v) is 2.42. The van der Waals surface area contributed by atoms with Crippen LogP contribution in [0.4, 0.5) is 0 Å². The summed E-state index contributed by atoms with van der Waals surface area (Å²) in [7, 11) is 1.91. The minimum atomic E-state index is -0.151. The molecule has 0 aliphatic carbocycles. The maximum Gasteiger partial charge on any atom is 0.250 e. The zero-order valence-electron chi connectivity index (χ0n) is 7.83. The lowest BCUT2D eigenvalue weighted by atomic mass is 10.3. The first-order valence-electron chi connectivity index (χ1n) is 3.83. The SMILES string of the molecule is CSCCN(C)C(C)C(=O)NN. The van der Waals surface area contributed by atoms with E-state index in [4.69, 9.17) is 5.84 Å². The number of carbonyl (C=O) groups excluding carboxylic acids is 1. The van der Waals surface area contributed by atoms with Crippen LogP contribution in [0.1, 0.15) is 6.92 Å². The molecule has 0 saturated heterocycles. The van der Waals surface area contributed by atoms with Crippen molar-refractivity contribution in [1.82, 2.24) is 10.3 Å². The molecule has 4 nitrogen and oxygen atoms in total. The van der Waals surface area contributed by atoms with E-state index >= 15 is 0 Å². The van der Waals surface area contributed by atoms with E-state index in [9.17, 15) is 4.79 Å². The fourth-order valence-corrected chi connectivity index (χ4v) is 1.22. The maximum absolute atomic E-state index is 11.0. The molecule has 3 N–H and O–H groups in total. The quantitative estimate of drug-likeness (QED) is 0.354. The van der Waals surface area contributed by atoms with Crippen LogP contribution in [0.25, 0.3) is 0 Å². The van der Waals surface area contributed by atoms with Crippen LogP contribution in [0.3, 0.4) is 0 Å². The van der Waals surface area contributed by atoms with Crippen LogP contribution >= 0.6 is 11.8 Å². The average molecular weight is 191 g/mol. The van der Waals surface area contributed by atoms with Crippen LogP contribution in [0.2, 0.25) is 0 Å². The minimum absolute atomic E-state index is 0.140. The van der Waals surface area contributed by atoms with E-state index in [1.54, 1.807) is 11.8 Å². The summed E-state index contributed by atoms with van der Waals surface area (Å²) in [6.07, 6.45) is 2.04. The summed E-state index contributed by atoms with van der Waals surface area (Å²) in [4.78, 5) is 13.0. The summed E-state index contributed by atoms with van der Waals surface area (Å²) < 4.78 is 0. The molecule has 0 aromatic heterocycles. The third-order valence-electron chi connectivity index (χ3n) is 1.83. The molecule has 72 valence electrons. The van der Waals surface area contributed by atoms with Crippen LogP contribution in [-0.2, 0) is 4.79 Å². The molecular formula is C7H17N3OS. The third kappa shape index (κ3) is 3.94. The van der Waals surface area contributed by atoms with E-state index in [1.807, 2.05) is 25.1 Å². The lowest BCUT2D eigenvalue weighted by Crippen LogP contribution is -2.46. The fourth-order valence-electron chi connectivity index (χ4n) is 0.750. The highest BCUT2D eigenvalue weighted by Crippen LogP contribution is 1.98. The highest BCUT2D eigenvalue weighted by molar-refractivity contribution is 7.98. The Morgan fingerprint density at radius 3 is 2.75 bits per heavy atom. The number of thioether (sulfide) groups is 1. The topological polar surface area (TPSA) is 58.4 Å². The average Bonchev–Trinajstić information content (AvgIpc) is 2.11. The van der Waals surface area contributed by atoms with Crippen molar-refractivity contribution in [3.8, 4) is 0 Å². The molecular weight excluding hydrogens is 174 g/mol. The van der Waals surface area contributed by atoms with Gasteiger partial charge in [-0.15, -0.1) is 0 Å². The van der Waals surface area contributed by atoms with E-state index in [2.05, 4.69) is 5.43 Å². The van der Waals surface area contributed by atoms with Crippen molar-refractivity contribution < 1.29 is 4.79 Å². The summed E-state index contributed by atoms with van der Waals surface area (Å²) in [5.74, 6) is 5.89. The predicted molar refractivity (Wildman–Crippen MR) is 52.8 cm³/mol. The number of nitrogens with zero attached hydrogens (tertiary/aromatic N) is 1. The van der Waals surface area contributed by atoms with Gasteiger partial charge in [0.15, 0.2) is 0 Å². The normalized spacial score (nSPS) is 13.1. The molecule has 0 aliphatic heterocycles. The first-order chi connectivity index (χ1) is 5.63. The molecule has 0 spiro atoms. The maximum atomic E-state index is 11.0. The Morgan fingerprint density at radius 1 is 1.75 bits per heavy atom. The second-order valence-electron chi connectivity index (χ2n) is 2.66. The summed E-state index contributed by atoms with van der Waals surface area (Å²) in [5, 5.41) is 0. The van der Waals surface area contributed by atoms with E-state index < -0.39 is 0 Å². The molecule has 1 unspecified atom stereocenters. The summed E-state index contributed by atoms with van der Waals surface area (Å²) in [6, 6.07) is -0.151. The molecule has 12 heavy (non-hydrogen) atoms. The molecule has 5 heteroatoms. The Balaban J connectivity index is 3.75. The predicted octanol–water partition coefficient (Wildman–Crippen LogP) is -0.340. The van der Waals surface area contributed by atoms with Crippen molar-refractivity contribution in [2.24, 2.45) is 5.84 Å². The second-order valence-corrected chi connectivity index (χ2v) is 3.64. The van der Waals surface area contributed by atoms with Gasteiger partial charge in [0, 0.05) is 12.3 Å². The smallest absolute Gasteiger partial charge is 0.250 e. The monoisotopic (exact) mass is 191 g/mol. The first-order valence-corrected chi connectivity index (χ1v) is 5.22. The number of nitrogens with one attached hydrogen (secondary N) is 1. The molecule has 1 amide bonds. The van der Waals surface area contributed by atoms with Gasteiger partial charge in [-0.05, 0) is 20.2 Å². The number of nitrogens with two attached hydrogens (primary N) is 1. The molecule has 1 atom stereocenters. The lowest BCUT2D eigenvalue weighted by molar-refractivity contribution is -0.125. The molecule has 0 rings (SSSR count). The van der Waals surface area contributed by atoms with Gasteiger partial charge in [0.05, 0.1) is 6.04 Å². The van der Waals surface area contributed by atoms with Gasteiger partial charge in [-0.1, -0.05) is 0 Å². The van der Waals surface area contributed by atoms with Gasteiger partial charge < -0.3 is 0 Å². The van der Waals surface area contributed by atoms with Crippen molar-refractivity contribution in [3.63, 3.8) is 0 Å². The zero-order valence-corrected chi connectivity index (χ0v) is 8.65. The van der Waals surface area contributed by atoms with Crippen molar-refractivity contribution in [2.45, 2.75) is 13.0 Å². The number of hydrogen-bond donors (Lipinski definition) is 2. The zero-order chi connectivity index (χ0) is 9.56. The number of rotatable bonds is 5. The van der Waals surface area contributed by atoms with Crippen molar-refractivity contribution in [1.29, 1.82) is 0 Å². The molecule has 0 radical (unpaired) electrons. The number of hydrogen-bond acceptors (Lipinski definition) is 4. The standard InChI is InChI=1S/C7H17N3OS/c1-6(7(11)9-8)10(2)4-5-12-3/h6H,4-5,8H2,1-3H3,(H,9,11). The van der Waals surface area contributed by atoms with Crippen molar-refractivity contribution in [2.75, 3.05) is 25.6 Å². The Labute approximate surface area is 77.8 Å². The van der Waals surface area contributed by atoms with Gasteiger partial charge in [-0.3, -0.25) is 15.1 Å². The second kappa shape index (κ2) is 6.28. The molecule has 0 bridgehead atoms. The van der Waals surface area contributed by atoms with Crippen LogP contribution in [0.5, 0.6) is 0 Å². The van der Waals surface area contributed by atoms with E-state index in [0.29, 0.717) is 0 Å². The van der Waals surface area contributed by atoms with Crippen LogP contribution in [0, 0.1) is 0 Å². The van der Waals surface area contributed by atoms with Gasteiger partial charge in [-0.2, -0.15) is 11.8 Å². The Kier molecular flexibility index (Phi) is 6.14. The van der Waals surface area contributed by atoms with Crippen molar-refractivity contribution >= 4 is 17.7 Å². The van der Waals surface area contributed by atoms with Crippen molar-refractivity contribution in [3.05, 3.63) is 0 Å². The van der Waals surface area contributed by atoms with Crippen LogP contribution < -0.4 is 11.3 Å². The molecule has 0 aromatic carbocycles. The Hall–Kier alpha value is -0.260. The molecule has 0 aromatic rings. The Bertz CT molecular complexity index is 143. The number of hydrazine groups is 1. The summed E-state index contributed by atoms with van der Waals surface area (Å²) in [6.45, 7) is 2.73. The largest absolute Gasteiger partial charge is 0.294 e. The molecule has 0 saturated carbocycles. The Morgan fingerprint density at radius 2 is 2.33 bits per heavy atom. The molecule has 0 aliphatic rings. The lowest BCUT2D eigenvalue weighted by Gasteiger charge is -2.22. The number of amides is 1. The highest BCUT2D eigenvalue weighted by Gasteiger charge is 2.15. The van der Waals surface area contributed by atoms with E-state index in [1.165, 1.54) is 0 Å². The summed E-state index contributed by atoms with van der Waals surface area (Å²) in [5.41, 5.74) is 2.13. The highest BCUT2D eigenvalue weighted by atomic mass is 32.2. The molecule has 0 fully saturated rings. The molecule has 0 heterocycles. The van der Waals surface area contributed by atoms with Crippen LogP contribution in [0.15, 0.2) is 0 Å². The fraction of sp³-hybridized carbons (Fsp3) is 0.857. The van der Waals surface area contributed by atoms with Gasteiger partial charge in [0.1, 0.15) is 0 Å². The summed E-state index contributed by atoms with van der Waals surface area (Å²) >= 11 is 1.76. The van der Waals surface area contributed by atoms with Gasteiger partial charge in [0.2, 0.25) is 0 Å². The first kappa shape index (κ1) is 11.7. The number of likely N-dealkylation sites (N-methyl/N-ethyl adjacent to an activating group) is 1. The van der Waals surface area contributed by atoms with Crippen LogP contribution in [-0.4, -0.2) is 42.4 Å². The van der Waals surface area contributed by atoms with Gasteiger partial charge >= 0.3 is 0 Å². The van der Waals surface area contributed by atoms with Gasteiger partial charge in [0.25, 0.3) is 5.91 Å². The van der Waals surface area contributed by atoms with E-state index in [-0.39, 0.29) is 11.9 Å².